The van der Waals surface area contributed by atoms with Crippen LogP contribution in [0.1, 0.15) is 23.1 Å². The molecular weight excluding hydrogens is 290 g/mol. The lowest BCUT2D eigenvalue weighted by atomic mass is 10.3. The normalized spacial score (nSPS) is 10.8. The largest absolute Gasteiger partial charge is 0.402 e. The molecule has 3 heterocycles. The van der Waals surface area contributed by atoms with Gasteiger partial charge in [0, 0.05) is 12.2 Å². The SMILES string of the molecule is CCn1nc(C(=O)Nc2nnc(-c3cccs3)o2)cc1C. The first-order valence-electron chi connectivity index (χ1n) is 6.40. The molecule has 3 aromatic rings. The van der Waals surface area contributed by atoms with E-state index in [1.165, 1.54) is 11.3 Å². The molecule has 0 fully saturated rings. The minimum absolute atomic E-state index is 0.0621. The van der Waals surface area contributed by atoms with Gasteiger partial charge in [-0.15, -0.1) is 16.4 Å². The lowest BCUT2D eigenvalue weighted by Crippen LogP contribution is -2.13. The molecule has 0 saturated heterocycles. The van der Waals surface area contributed by atoms with Crippen LogP contribution in [0.5, 0.6) is 0 Å². The molecular formula is C13H13N5O2S. The van der Waals surface area contributed by atoms with E-state index in [9.17, 15) is 4.79 Å². The molecule has 0 aliphatic rings. The molecule has 1 N–H and O–H groups in total. The lowest BCUT2D eigenvalue weighted by Gasteiger charge is -1.97. The molecule has 108 valence electrons. The monoisotopic (exact) mass is 303 g/mol. The van der Waals surface area contributed by atoms with Gasteiger partial charge in [-0.1, -0.05) is 11.2 Å². The Hall–Kier alpha value is -2.48. The number of hydrogen-bond donors (Lipinski definition) is 1. The Kier molecular flexibility index (Phi) is 3.53. The minimum Gasteiger partial charge on any atom is -0.402 e. The highest BCUT2D eigenvalue weighted by molar-refractivity contribution is 7.13. The van der Waals surface area contributed by atoms with Gasteiger partial charge in [0.15, 0.2) is 5.69 Å². The zero-order chi connectivity index (χ0) is 14.8. The fourth-order valence-corrected chi connectivity index (χ4v) is 2.52. The summed E-state index contributed by atoms with van der Waals surface area (Å²) in [5.41, 5.74) is 1.25. The van der Waals surface area contributed by atoms with Crippen molar-refractivity contribution in [2.24, 2.45) is 0 Å². The van der Waals surface area contributed by atoms with Crippen molar-refractivity contribution in [3.63, 3.8) is 0 Å². The second-order valence-corrected chi connectivity index (χ2v) is 5.28. The van der Waals surface area contributed by atoms with E-state index in [1.54, 1.807) is 10.7 Å². The number of rotatable bonds is 4. The van der Waals surface area contributed by atoms with Crippen molar-refractivity contribution in [2.45, 2.75) is 20.4 Å². The topological polar surface area (TPSA) is 85.8 Å². The van der Waals surface area contributed by atoms with Crippen molar-refractivity contribution in [3.05, 3.63) is 35.0 Å². The van der Waals surface area contributed by atoms with Crippen LogP contribution in [0, 0.1) is 6.92 Å². The highest BCUT2D eigenvalue weighted by Crippen LogP contribution is 2.24. The van der Waals surface area contributed by atoms with Gasteiger partial charge >= 0.3 is 6.01 Å². The molecule has 8 heteroatoms. The van der Waals surface area contributed by atoms with Crippen LogP contribution in [0.15, 0.2) is 28.0 Å². The number of carbonyl (C=O) groups excluding carboxylic acids is 1. The van der Waals surface area contributed by atoms with Crippen molar-refractivity contribution in [3.8, 4) is 10.8 Å². The number of nitrogens with zero attached hydrogens (tertiary/aromatic N) is 4. The van der Waals surface area contributed by atoms with Crippen molar-refractivity contribution < 1.29 is 9.21 Å². The molecule has 0 bridgehead atoms. The van der Waals surface area contributed by atoms with Gasteiger partial charge in [0.2, 0.25) is 0 Å². The fourth-order valence-electron chi connectivity index (χ4n) is 1.88. The summed E-state index contributed by atoms with van der Waals surface area (Å²) in [6, 6.07) is 5.54. The zero-order valence-electron chi connectivity index (χ0n) is 11.5. The molecule has 3 rings (SSSR count). The van der Waals surface area contributed by atoms with Crippen LogP contribution in [0.3, 0.4) is 0 Å². The van der Waals surface area contributed by atoms with Crippen LogP contribution in [0.25, 0.3) is 10.8 Å². The highest BCUT2D eigenvalue weighted by Gasteiger charge is 2.16. The number of aromatic nitrogens is 4. The van der Waals surface area contributed by atoms with Crippen LogP contribution < -0.4 is 5.32 Å². The Bertz CT molecular complexity index is 759. The number of thiophene rings is 1. The third-order valence-corrected chi connectivity index (χ3v) is 3.75. The molecule has 1 amide bonds. The number of nitrogens with one attached hydrogen (secondary N) is 1. The van der Waals surface area contributed by atoms with Crippen molar-refractivity contribution in [2.75, 3.05) is 5.32 Å². The predicted molar refractivity (Wildman–Crippen MR) is 78.2 cm³/mol. The Labute approximate surface area is 124 Å². The van der Waals surface area contributed by atoms with E-state index in [0.29, 0.717) is 18.1 Å². The maximum atomic E-state index is 12.1. The van der Waals surface area contributed by atoms with Gasteiger partial charge in [-0.25, -0.2) is 0 Å². The van der Waals surface area contributed by atoms with E-state index in [0.717, 1.165) is 10.6 Å². The first kappa shape index (κ1) is 13.5. The van der Waals surface area contributed by atoms with Gasteiger partial charge in [-0.3, -0.25) is 14.8 Å². The van der Waals surface area contributed by atoms with Gasteiger partial charge in [0.1, 0.15) is 0 Å². The quantitative estimate of drug-likeness (QED) is 0.800. The van der Waals surface area contributed by atoms with Crippen LogP contribution in [-0.2, 0) is 6.54 Å². The predicted octanol–water partition coefficient (Wildman–Crippen LogP) is 2.58. The van der Waals surface area contributed by atoms with Crippen molar-refractivity contribution in [1.82, 2.24) is 20.0 Å². The molecule has 0 radical (unpaired) electrons. The first-order valence-corrected chi connectivity index (χ1v) is 7.28. The molecule has 0 aromatic carbocycles. The number of amides is 1. The summed E-state index contributed by atoms with van der Waals surface area (Å²) in [6.07, 6.45) is 0. The Morgan fingerprint density at radius 1 is 1.48 bits per heavy atom. The standard InChI is InChI=1S/C13H13N5O2S/c1-3-18-8(2)7-9(17-18)11(19)14-13-16-15-12(20-13)10-5-4-6-21-10/h4-7H,3H2,1-2H3,(H,14,16,19). The van der Waals surface area contributed by atoms with Crippen molar-refractivity contribution in [1.29, 1.82) is 0 Å². The summed E-state index contributed by atoms with van der Waals surface area (Å²) in [7, 11) is 0. The lowest BCUT2D eigenvalue weighted by molar-refractivity contribution is 0.101. The van der Waals surface area contributed by atoms with Crippen LogP contribution in [0.2, 0.25) is 0 Å². The summed E-state index contributed by atoms with van der Waals surface area (Å²) in [4.78, 5) is 12.9. The van der Waals surface area contributed by atoms with Gasteiger partial charge in [-0.05, 0) is 31.4 Å². The maximum Gasteiger partial charge on any atom is 0.322 e. The van der Waals surface area contributed by atoms with Gasteiger partial charge in [0.05, 0.1) is 4.88 Å². The molecule has 0 saturated carbocycles. The zero-order valence-corrected chi connectivity index (χ0v) is 12.3. The summed E-state index contributed by atoms with van der Waals surface area (Å²) >= 11 is 1.49. The first-order chi connectivity index (χ1) is 10.2. The van der Waals surface area contributed by atoms with Gasteiger partial charge in [0.25, 0.3) is 11.8 Å². The van der Waals surface area contributed by atoms with Gasteiger partial charge in [-0.2, -0.15) is 5.10 Å². The van der Waals surface area contributed by atoms with E-state index in [1.807, 2.05) is 31.4 Å². The fraction of sp³-hybridized carbons (Fsp3) is 0.231. The van der Waals surface area contributed by atoms with E-state index in [4.69, 9.17) is 4.42 Å². The number of anilines is 1. The molecule has 21 heavy (non-hydrogen) atoms. The Morgan fingerprint density at radius 3 is 3.00 bits per heavy atom. The van der Waals surface area contributed by atoms with E-state index < -0.39 is 0 Å². The van der Waals surface area contributed by atoms with Crippen LogP contribution >= 0.6 is 11.3 Å². The summed E-state index contributed by atoms with van der Waals surface area (Å²) < 4.78 is 7.16. The smallest absolute Gasteiger partial charge is 0.322 e. The maximum absolute atomic E-state index is 12.1. The summed E-state index contributed by atoms with van der Waals surface area (Å²) in [6.45, 7) is 4.57. The third-order valence-electron chi connectivity index (χ3n) is 2.89. The molecule has 0 atom stereocenters. The second kappa shape index (κ2) is 5.49. The molecule has 0 unspecified atom stereocenters. The molecule has 0 aliphatic carbocycles. The average Bonchev–Trinajstić information content (AvgIpc) is 3.17. The summed E-state index contributed by atoms with van der Waals surface area (Å²) in [5.74, 6) is 0.0160. The molecule has 0 spiro atoms. The highest BCUT2D eigenvalue weighted by atomic mass is 32.1. The van der Waals surface area contributed by atoms with E-state index in [2.05, 4.69) is 20.6 Å². The third kappa shape index (κ3) is 2.70. The number of carbonyl (C=O) groups is 1. The minimum atomic E-state index is -0.369. The summed E-state index contributed by atoms with van der Waals surface area (Å²) in [5, 5.41) is 16.4. The Balaban J connectivity index is 1.75. The molecule has 7 nitrogen and oxygen atoms in total. The van der Waals surface area contributed by atoms with Gasteiger partial charge < -0.3 is 4.42 Å². The molecule has 3 aromatic heterocycles. The van der Waals surface area contributed by atoms with Crippen molar-refractivity contribution >= 4 is 23.3 Å². The van der Waals surface area contributed by atoms with Crippen LogP contribution in [0.4, 0.5) is 6.01 Å². The Morgan fingerprint density at radius 2 is 2.33 bits per heavy atom. The second-order valence-electron chi connectivity index (χ2n) is 4.33. The average molecular weight is 303 g/mol. The van der Waals surface area contributed by atoms with E-state index >= 15 is 0 Å². The number of hydrogen-bond acceptors (Lipinski definition) is 6. The van der Waals surface area contributed by atoms with Crippen LogP contribution in [-0.4, -0.2) is 25.9 Å². The molecule has 0 aliphatic heterocycles. The van der Waals surface area contributed by atoms with E-state index in [-0.39, 0.29) is 11.9 Å². The number of aryl methyl sites for hydroxylation is 2.